The summed E-state index contributed by atoms with van der Waals surface area (Å²) in [5, 5.41) is 1.10. The Hall–Kier alpha value is -1.68. The van der Waals surface area contributed by atoms with E-state index < -0.39 is 0 Å². The third-order valence-corrected chi connectivity index (χ3v) is 2.93. The number of fused-ring (bicyclic) bond motifs is 1. The number of H-pyrrole nitrogens is 1. The fraction of sp³-hybridized carbons (Fsp3) is 0.385. The molecule has 17 heavy (non-hydrogen) atoms. The molecular weight excluding hydrogens is 216 g/mol. The fourth-order valence-electron chi connectivity index (χ4n) is 2.09. The minimum atomic E-state index is 0.693. The number of rotatable bonds is 5. The number of ether oxygens (including phenoxy) is 2. The maximum Gasteiger partial charge on any atom is 0.143 e. The van der Waals surface area contributed by atoms with E-state index in [-0.39, 0.29) is 0 Å². The predicted molar refractivity (Wildman–Crippen MR) is 68.8 cm³/mol. The van der Waals surface area contributed by atoms with Crippen molar-refractivity contribution in [3.05, 3.63) is 23.9 Å². The first-order chi connectivity index (χ1) is 8.31. The number of methoxy groups -OCH3 is 2. The van der Waals surface area contributed by atoms with E-state index in [4.69, 9.17) is 15.2 Å². The standard InChI is InChI=1S/C13H18N2O2/c1-16-10-5-6-11(17-2)13-12(10)9(8-15-13)4-3-7-14/h5-6,8,15H,3-4,7,14H2,1-2H3. The van der Waals surface area contributed by atoms with Crippen LogP contribution in [0.3, 0.4) is 0 Å². The molecule has 0 spiro atoms. The molecule has 0 bridgehead atoms. The van der Waals surface area contributed by atoms with Gasteiger partial charge in [-0.1, -0.05) is 0 Å². The van der Waals surface area contributed by atoms with Gasteiger partial charge in [-0.3, -0.25) is 0 Å². The molecule has 0 aliphatic heterocycles. The first-order valence-electron chi connectivity index (χ1n) is 5.72. The Labute approximate surface area is 101 Å². The van der Waals surface area contributed by atoms with Crippen LogP contribution in [0, 0.1) is 0 Å². The Balaban J connectivity index is 2.54. The molecule has 2 rings (SSSR count). The molecule has 0 aliphatic rings. The SMILES string of the molecule is COc1ccc(OC)c2c(CCCN)c[nH]c12. The van der Waals surface area contributed by atoms with Crippen LogP contribution in [0.2, 0.25) is 0 Å². The highest BCUT2D eigenvalue weighted by atomic mass is 16.5. The molecule has 0 radical (unpaired) electrons. The second-order valence-electron chi connectivity index (χ2n) is 3.93. The average Bonchev–Trinajstić information content (AvgIpc) is 2.79. The molecule has 1 heterocycles. The number of benzene rings is 1. The van der Waals surface area contributed by atoms with Crippen molar-refractivity contribution >= 4 is 10.9 Å². The number of hydrogen-bond donors (Lipinski definition) is 2. The van der Waals surface area contributed by atoms with Gasteiger partial charge in [-0.25, -0.2) is 0 Å². The van der Waals surface area contributed by atoms with Crippen LogP contribution < -0.4 is 15.2 Å². The maximum atomic E-state index is 5.55. The molecule has 0 unspecified atom stereocenters. The monoisotopic (exact) mass is 234 g/mol. The van der Waals surface area contributed by atoms with Crippen molar-refractivity contribution < 1.29 is 9.47 Å². The molecule has 3 N–H and O–H groups in total. The van der Waals surface area contributed by atoms with Crippen molar-refractivity contribution in [3.8, 4) is 11.5 Å². The van der Waals surface area contributed by atoms with Gasteiger partial charge in [0.25, 0.3) is 0 Å². The van der Waals surface area contributed by atoms with E-state index >= 15 is 0 Å². The van der Waals surface area contributed by atoms with Crippen molar-refractivity contribution in [2.45, 2.75) is 12.8 Å². The van der Waals surface area contributed by atoms with Gasteiger partial charge in [0.15, 0.2) is 0 Å². The minimum Gasteiger partial charge on any atom is -0.496 e. The summed E-state index contributed by atoms with van der Waals surface area (Å²) in [6, 6.07) is 3.84. The number of nitrogens with two attached hydrogens (primary N) is 1. The van der Waals surface area contributed by atoms with Gasteiger partial charge in [0, 0.05) is 11.6 Å². The Morgan fingerprint density at radius 3 is 2.53 bits per heavy atom. The third kappa shape index (κ3) is 2.08. The molecule has 0 amide bonds. The molecule has 92 valence electrons. The summed E-state index contributed by atoms with van der Waals surface area (Å²) in [7, 11) is 3.35. The van der Waals surface area contributed by atoms with Crippen LogP contribution in [0.4, 0.5) is 0 Å². The summed E-state index contributed by atoms with van der Waals surface area (Å²) in [5.41, 5.74) is 7.76. The Morgan fingerprint density at radius 2 is 1.88 bits per heavy atom. The summed E-state index contributed by atoms with van der Waals surface area (Å²) in [6.07, 6.45) is 3.92. The Bertz CT molecular complexity index is 505. The topological polar surface area (TPSA) is 60.3 Å². The quantitative estimate of drug-likeness (QED) is 0.832. The van der Waals surface area contributed by atoms with Gasteiger partial charge < -0.3 is 20.2 Å². The second-order valence-corrected chi connectivity index (χ2v) is 3.93. The van der Waals surface area contributed by atoms with E-state index in [9.17, 15) is 0 Å². The summed E-state index contributed by atoms with van der Waals surface area (Å²) in [6.45, 7) is 0.693. The van der Waals surface area contributed by atoms with Crippen LogP contribution >= 0.6 is 0 Å². The van der Waals surface area contributed by atoms with Crippen LogP contribution in [0.5, 0.6) is 11.5 Å². The number of aryl methyl sites for hydroxylation is 1. The zero-order valence-electron chi connectivity index (χ0n) is 10.2. The van der Waals surface area contributed by atoms with Gasteiger partial charge in [-0.05, 0) is 37.1 Å². The highest BCUT2D eigenvalue weighted by Gasteiger charge is 2.12. The van der Waals surface area contributed by atoms with Crippen molar-refractivity contribution in [2.75, 3.05) is 20.8 Å². The summed E-state index contributed by atoms with van der Waals surface area (Å²) >= 11 is 0. The molecule has 0 saturated heterocycles. The summed E-state index contributed by atoms with van der Waals surface area (Å²) < 4.78 is 10.7. The number of aromatic amines is 1. The number of nitrogens with one attached hydrogen (secondary N) is 1. The molecule has 1 aromatic carbocycles. The van der Waals surface area contributed by atoms with E-state index in [1.54, 1.807) is 14.2 Å². The van der Waals surface area contributed by atoms with Gasteiger partial charge in [-0.2, -0.15) is 0 Å². The molecular formula is C13H18N2O2. The lowest BCUT2D eigenvalue weighted by Gasteiger charge is -2.07. The first-order valence-corrected chi connectivity index (χ1v) is 5.72. The van der Waals surface area contributed by atoms with Gasteiger partial charge in [0.05, 0.1) is 19.7 Å². The molecule has 1 aromatic heterocycles. The molecule has 0 aliphatic carbocycles. The lowest BCUT2D eigenvalue weighted by Crippen LogP contribution is -2.00. The highest BCUT2D eigenvalue weighted by Crippen LogP contribution is 2.35. The van der Waals surface area contributed by atoms with Gasteiger partial charge in [0.2, 0.25) is 0 Å². The van der Waals surface area contributed by atoms with Crippen LogP contribution in [0.25, 0.3) is 10.9 Å². The van der Waals surface area contributed by atoms with Crippen LogP contribution in [-0.4, -0.2) is 25.7 Å². The van der Waals surface area contributed by atoms with Gasteiger partial charge >= 0.3 is 0 Å². The van der Waals surface area contributed by atoms with Gasteiger partial charge in [0.1, 0.15) is 11.5 Å². The minimum absolute atomic E-state index is 0.693. The summed E-state index contributed by atoms with van der Waals surface area (Å²) in [4.78, 5) is 3.25. The predicted octanol–water partition coefficient (Wildman–Crippen LogP) is 2.08. The number of aromatic nitrogens is 1. The Kier molecular flexibility index (Phi) is 3.54. The Morgan fingerprint density at radius 1 is 1.18 bits per heavy atom. The summed E-state index contributed by atoms with van der Waals surface area (Å²) in [5.74, 6) is 1.70. The van der Waals surface area contributed by atoms with Crippen LogP contribution in [0.1, 0.15) is 12.0 Å². The zero-order valence-corrected chi connectivity index (χ0v) is 10.2. The van der Waals surface area contributed by atoms with Crippen molar-refractivity contribution in [3.63, 3.8) is 0 Å². The lowest BCUT2D eigenvalue weighted by molar-refractivity contribution is 0.410. The van der Waals surface area contributed by atoms with Crippen LogP contribution in [-0.2, 0) is 6.42 Å². The normalized spacial score (nSPS) is 10.8. The highest BCUT2D eigenvalue weighted by molar-refractivity contribution is 5.93. The van der Waals surface area contributed by atoms with Crippen molar-refractivity contribution in [2.24, 2.45) is 5.73 Å². The van der Waals surface area contributed by atoms with E-state index in [1.165, 1.54) is 5.56 Å². The van der Waals surface area contributed by atoms with E-state index in [0.717, 1.165) is 35.2 Å². The smallest absolute Gasteiger partial charge is 0.143 e. The van der Waals surface area contributed by atoms with E-state index in [0.29, 0.717) is 6.54 Å². The maximum absolute atomic E-state index is 5.55. The largest absolute Gasteiger partial charge is 0.496 e. The molecule has 4 heteroatoms. The average molecular weight is 234 g/mol. The molecule has 0 saturated carbocycles. The lowest BCUT2D eigenvalue weighted by atomic mass is 10.1. The molecule has 0 fully saturated rings. The molecule has 0 atom stereocenters. The second kappa shape index (κ2) is 5.10. The van der Waals surface area contributed by atoms with Gasteiger partial charge in [-0.15, -0.1) is 0 Å². The van der Waals surface area contributed by atoms with Crippen molar-refractivity contribution in [1.82, 2.24) is 4.98 Å². The first kappa shape index (κ1) is 11.8. The molecule has 4 nitrogen and oxygen atoms in total. The number of hydrogen-bond acceptors (Lipinski definition) is 3. The van der Waals surface area contributed by atoms with Crippen molar-refractivity contribution in [1.29, 1.82) is 0 Å². The molecule has 2 aromatic rings. The van der Waals surface area contributed by atoms with Crippen LogP contribution in [0.15, 0.2) is 18.3 Å². The zero-order chi connectivity index (χ0) is 12.3. The van der Waals surface area contributed by atoms with E-state index in [2.05, 4.69) is 4.98 Å². The third-order valence-electron chi connectivity index (χ3n) is 2.93. The fourth-order valence-corrected chi connectivity index (χ4v) is 2.09. The van der Waals surface area contributed by atoms with E-state index in [1.807, 2.05) is 18.3 Å².